The Morgan fingerprint density at radius 3 is 1.49 bits per heavy atom. The van der Waals surface area contributed by atoms with Crippen LogP contribution in [0.25, 0.3) is 67.8 Å². The van der Waals surface area contributed by atoms with Gasteiger partial charge in [0.15, 0.2) is 23.1 Å². The van der Waals surface area contributed by atoms with Crippen molar-refractivity contribution in [1.29, 1.82) is 0 Å². The van der Waals surface area contributed by atoms with E-state index in [1.54, 1.807) is 0 Å². The van der Waals surface area contributed by atoms with Crippen molar-refractivity contribution in [3.05, 3.63) is 192 Å². The summed E-state index contributed by atoms with van der Waals surface area (Å²) < 4.78 is 13.3. The SMILES string of the molecule is c1ccc(-c2nc(-c3ccccc3)nc(-c3cccc4c3C3(c5ccccc5Oc5ccccc53)c3c(-c5nc6ccccc6o5)cccc3-4)n2)cc1. The number of aromatic nitrogens is 4. The number of para-hydroxylation sites is 4. The minimum absolute atomic E-state index is 0.566. The van der Waals surface area contributed by atoms with Gasteiger partial charge >= 0.3 is 0 Å². The Labute approximate surface area is 305 Å². The first-order chi connectivity index (χ1) is 26.3. The van der Waals surface area contributed by atoms with Gasteiger partial charge < -0.3 is 9.15 Å². The summed E-state index contributed by atoms with van der Waals surface area (Å²) in [5.74, 6) is 3.95. The van der Waals surface area contributed by atoms with E-state index in [-0.39, 0.29) is 0 Å². The highest BCUT2D eigenvalue weighted by Gasteiger charge is 2.54. The summed E-state index contributed by atoms with van der Waals surface area (Å²) in [6, 6.07) is 57.7. The van der Waals surface area contributed by atoms with E-state index in [4.69, 9.17) is 29.1 Å². The van der Waals surface area contributed by atoms with Gasteiger partial charge in [0.25, 0.3) is 0 Å². The van der Waals surface area contributed by atoms with Crippen molar-refractivity contribution in [2.45, 2.75) is 5.41 Å². The van der Waals surface area contributed by atoms with Gasteiger partial charge in [-0.25, -0.2) is 19.9 Å². The van der Waals surface area contributed by atoms with E-state index in [1.807, 2.05) is 97.1 Å². The summed E-state index contributed by atoms with van der Waals surface area (Å²) in [6.07, 6.45) is 0. The van der Waals surface area contributed by atoms with Crippen molar-refractivity contribution in [3.8, 4) is 68.2 Å². The lowest BCUT2D eigenvalue weighted by Gasteiger charge is -2.40. The fraction of sp³-hybridized carbons (Fsp3) is 0.0213. The number of ether oxygens (including phenoxy) is 1. The molecule has 0 bridgehead atoms. The molecule has 0 N–H and O–H groups in total. The fourth-order valence-corrected chi connectivity index (χ4v) is 8.30. The molecular weight excluding hydrogens is 653 g/mol. The van der Waals surface area contributed by atoms with Crippen LogP contribution < -0.4 is 4.74 Å². The van der Waals surface area contributed by atoms with Gasteiger partial charge in [-0.05, 0) is 52.6 Å². The number of oxazole rings is 1. The highest BCUT2D eigenvalue weighted by atomic mass is 16.5. The van der Waals surface area contributed by atoms with E-state index in [0.29, 0.717) is 23.4 Å². The standard InChI is InChI=1S/C47H28N4O2/c1-3-15-29(16-4-1)43-49-44(30-17-5-2-6-18-30)51-45(50-43)33-21-13-19-31-32-20-14-22-34(46-48-37-25-9-12-28-40(37)53-46)42(32)47(41(31)33)35-23-7-10-26-38(35)52-39-27-11-8-24-36(39)47/h1-28H. The molecule has 7 aromatic carbocycles. The third kappa shape index (κ3) is 4.33. The molecule has 1 aliphatic carbocycles. The second-order valence-electron chi connectivity index (χ2n) is 13.3. The van der Waals surface area contributed by atoms with Crippen molar-refractivity contribution >= 4 is 11.1 Å². The van der Waals surface area contributed by atoms with Gasteiger partial charge in [-0.2, -0.15) is 0 Å². The number of fused-ring (bicyclic) bond motifs is 10. The summed E-state index contributed by atoms with van der Waals surface area (Å²) in [4.78, 5) is 20.6. The molecule has 2 aromatic heterocycles. The Balaban J connectivity index is 1.28. The monoisotopic (exact) mass is 680 g/mol. The lowest BCUT2D eigenvalue weighted by molar-refractivity contribution is 0.436. The molecule has 53 heavy (non-hydrogen) atoms. The third-order valence-electron chi connectivity index (χ3n) is 10.4. The molecule has 0 fully saturated rings. The number of benzene rings is 7. The van der Waals surface area contributed by atoms with Gasteiger partial charge in [-0.1, -0.05) is 140 Å². The molecule has 0 saturated heterocycles. The molecule has 6 nitrogen and oxygen atoms in total. The third-order valence-corrected chi connectivity index (χ3v) is 10.4. The maximum Gasteiger partial charge on any atom is 0.227 e. The van der Waals surface area contributed by atoms with Crippen molar-refractivity contribution in [3.63, 3.8) is 0 Å². The molecule has 0 amide bonds. The van der Waals surface area contributed by atoms with Crippen molar-refractivity contribution in [2.24, 2.45) is 0 Å². The minimum atomic E-state index is -0.851. The van der Waals surface area contributed by atoms with Crippen LogP contribution in [0.2, 0.25) is 0 Å². The Morgan fingerprint density at radius 2 is 0.868 bits per heavy atom. The predicted molar refractivity (Wildman–Crippen MR) is 207 cm³/mol. The molecule has 6 heteroatoms. The Kier molecular flexibility index (Phi) is 6.36. The molecule has 248 valence electrons. The fourth-order valence-electron chi connectivity index (χ4n) is 8.30. The van der Waals surface area contributed by atoms with Crippen LogP contribution in [0.4, 0.5) is 0 Å². The molecule has 3 heterocycles. The number of hydrogen-bond donors (Lipinski definition) is 0. The molecule has 0 radical (unpaired) electrons. The lowest BCUT2D eigenvalue weighted by atomic mass is 9.64. The van der Waals surface area contributed by atoms with Crippen LogP contribution >= 0.6 is 0 Å². The van der Waals surface area contributed by atoms with E-state index in [2.05, 4.69) is 72.8 Å². The first-order valence-electron chi connectivity index (χ1n) is 17.6. The highest BCUT2D eigenvalue weighted by molar-refractivity contribution is 5.97. The average molecular weight is 681 g/mol. The Morgan fingerprint density at radius 1 is 0.377 bits per heavy atom. The summed E-state index contributed by atoms with van der Waals surface area (Å²) in [7, 11) is 0. The Hall–Kier alpha value is -7.18. The number of nitrogens with zero attached hydrogens (tertiary/aromatic N) is 4. The predicted octanol–water partition coefficient (Wildman–Crippen LogP) is 11.1. The molecule has 0 atom stereocenters. The molecular formula is C47H28N4O2. The highest BCUT2D eigenvalue weighted by Crippen LogP contribution is 2.65. The second kappa shape index (κ2) is 11.4. The van der Waals surface area contributed by atoms with E-state index in [0.717, 1.165) is 78.2 Å². The van der Waals surface area contributed by atoms with Crippen molar-refractivity contribution in [1.82, 2.24) is 19.9 Å². The number of rotatable bonds is 4. The quantitative estimate of drug-likeness (QED) is 0.184. The van der Waals surface area contributed by atoms with E-state index in [9.17, 15) is 0 Å². The zero-order chi connectivity index (χ0) is 34.9. The molecule has 2 aliphatic rings. The summed E-state index contributed by atoms with van der Waals surface area (Å²) in [5, 5.41) is 0. The Bertz CT molecular complexity index is 2750. The second-order valence-corrected chi connectivity index (χ2v) is 13.3. The van der Waals surface area contributed by atoms with E-state index in [1.165, 1.54) is 0 Å². The zero-order valence-electron chi connectivity index (χ0n) is 28.3. The maximum absolute atomic E-state index is 6.71. The van der Waals surface area contributed by atoms with Crippen LogP contribution in [0, 0.1) is 0 Å². The molecule has 0 saturated carbocycles. The average Bonchev–Trinajstić information content (AvgIpc) is 3.80. The van der Waals surface area contributed by atoms with Gasteiger partial charge in [-0.15, -0.1) is 0 Å². The molecule has 1 aliphatic heterocycles. The molecule has 1 spiro atoms. The summed E-state index contributed by atoms with van der Waals surface area (Å²) in [6.45, 7) is 0. The summed E-state index contributed by atoms with van der Waals surface area (Å²) in [5.41, 5.74) is 10.7. The molecule has 11 rings (SSSR count). The van der Waals surface area contributed by atoms with Gasteiger partial charge in [0.1, 0.15) is 17.0 Å². The summed E-state index contributed by atoms with van der Waals surface area (Å²) >= 11 is 0. The largest absolute Gasteiger partial charge is 0.457 e. The molecule has 0 unspecified atom stereocenters. The van der Waals surface area contributed by atoms with Crippen LogP contribution in [0.1, 0.15) is 22.3 Å². The zero-order valence-corrected chi connectivity index (χ0v) is 28.3. The normalized spacial score (nSPS) is 13.2. The topological polar surface area (TPSA) is 73.9 Å². The van der Waals surface area contributed by atoms with Crippen LogP contribution in [-0.4, -0.2) is 19.9 Å². The lowest BCUT2D eigenvalue weighted by Crippen LogP contribution is -2.33. The van der Waals surface area contributed by atoms with Gasteiger partial charge in [0.05, 0.1) is 5.41 Å². The maximum atomic E-state index is 6.71. The van der Waals surface area contributed by atoms with Gasteiger partial charge in [0, 0.05) is 33.4 Å². The van der Waals surface area contributed by atoms with Crippen LogP contribution in [0.15, 0.2) is 174 Å². The smallest absolute Gasteiger partial charge is 0.227 e. The number of hydrogen-bond acceptors (Lipinski definition) is 6. The van der Waals surface area contributed by atoms with Crippen molar-refractivity contribution < 1.29 is 9.15 Å². The van der Waals surface area contributed by atoms with E-state index >= 15 is 0 Å². The van der Waals surface area contributed by atoms with Crippen LogP contribution in [0.5, 0.6) is 11.5 Å². The molecule has 9 aromatic rings. The minimum Gasteiger partial charge on any atom is -0.457 e. The van der Waals surface area contributed by atoms with Gasteiger partial charge in [0.2, 0.25) is 5.89 Å². The first kappa shape index (κ1) is 29.5. The van der Waals surface area contributed by atoms with Crippen LogP contribution in [0.3, 0.4) is 0 Å². The first-order valence-corrected chi connectivity index (χ1v) is 17.6. The van der Waals surface area contributed by atoms with Crippen molar-refractivity contribution in [2.75, 3.05) is 0 Å². The van der Waals surface area contributed by atoms with Gasteiger partial charge in [-0.3, -0.25) is 0 Å². The van der Waals surface area contributed by atoms with E-state index < -0.39 is 5.41 Å². The van der Waals surface area contributed by atoms with Crippen LogP contribution in [-0.2, 0) is 5.41 Å².